The molecule has 0 radical (unpaired) electrons. The number of alkyl halides is 1. The van der Waals surface area contributed by atoms with Gasteiger partial charge in [-0.15, -0.1) is 11.6 Å². The molecule has 0 aromatic heterocycles. The summed E-state index contributed by atoms with van der Waals surface area (Å²) in [5.74, 6) is 0.0690. The Balaban J connectivity index is 3.11. The van der Waals surface area contributed by atoms with Crippen LogP contribution in [0.3, 0.4) is 0 Å². The van der Waals surface area contributed by atoms with Crippen molar-refractivity contribution >= 4 is 30.8 Å². The van der Waals surface area contributed by atoms with E-state index in [0.29, 0.717) is 17.0 Å². The molecule has 0 saturated heterocycles. The van der Waals surface area contributed by atoms with Gasteiger partial charge in [-0.3, -0.25) is 9.09 Å². The van der Waals surface area contributed by atoms with Gasteiger partial charge in [0.05, 0.1) is 22.8 Å². The van der Waals surface area contributed by atoms with Crippen molar-refractivity contribution in [1.29, 1.82) is 0 Å². The molecule has 1 aliphatic heterocycles. The number of hydrogen-bond acceptors (Lipinski definition) is 3. The first-order valence-electron chi connectivity index (χ1n) is 4.28. The third-order valence-corrected chi connectivity index (χ3v) is 5.49. The second-order valence-electron chi connectivity index (χ2n) is 3.41. The molecule has 82 valence electrons. The molecule has 0 aromatic carbocycles. The van der Waals surface area contributed by atoms with E-state index in [9.17, 15) is 4.57 Å². The minimum atomic E-state index is -3.24. The molecular formula is C8H13Cl2O3P. The number of rotatable bonds is 3. The van der Waals surface area contributed by atoms with Gasteiger partial charge < -0.3 is 4.52 Å². The van der Waals surface area contributed by atoms with Gasteiger partial charge in [-0.25, -0.2) is 0 Å². The van der Waals surface area contributed by atoms with Crippen molar-refractivity contribution in [2.24, 2.45) is 0 Å². The summed E-state index contributed by atoms with van der Waals surface area (Å²) in [6, 6.07) is 0. The van der Waals surface area contributed by atoms with Crippen LogP contribution >= 0.6 is 30.8 Å². The van der Waals surface area contributed by atoms with Crippen molar-refractivity contribution < 1.29 is 13.6 Å². The van der Waals surface area contributed by atoms with Gasteiger partial charge in [-0.05, 0) is 20.8 Å². The molecule has 1 heterocycles. The van der Waals surface area contributed by atoms with Crippen molar-refractivity contribution in [3.05, 3.63) is 10.3 Å². The smallest absolute Gasteiger partial charge is 0.306 e. The summed E-state index contributed by atoms with van der Waals surface area (Å²) in [5, 5.41) is 0.775. The first-order chi connectivity index (χ1) is 6.37. The minimum absolute atomic E-state index is 0.0690. The summed E-state index contributed by atoms with van der Waals surface area (Å²) in [6.07, 6.45) is 0. The lowest BCUT2D eigenvalue weighted by atomic mass is 10.1. The first kappa shape index (κ1) is 12.5. The van der Waals surface area contributed by atoms with Gasteiger partial charge in [0.1, 0.15) is 5.60 Å². The second-order valence-corrected chi connectivity index (χ2v) is 6.03. The normalized spacial score (nSPS) is 31.2. The van der Waals surface area contributed by atoms with E-state index in [1.165, 1.54) is 0 Å². The number of hydrogen-bond donors (Lipinski definition) is 0. The third kappa shape index (κ3) is 2.02. The van der Waals surface area contributed by atoms with Crippen molar-refractivity contribution in [3.63, 3.8) is 0 Å². The van der Waals surface area contributed by atoms with Gasteiger partial charge in [0.15, 0.2) is 0 Å². The minimum Gasteiger partial charge on any atom is -0.306 e. The van der Waals surface area contributed by atoms with Crippen LogP contribution in [0, 0.1) is 0 Å². The Morgan fingerprint density at radius 3 is 2.57 bits per heavy atom. The molecule has 0 saturated carbocycles. The topological polar surface area (TPSA) is 35.5 Å². The molecule has 0 aromatic rings. The summed E-state index contributed by atoms with van der Waals surface area (Å²) in [7, 11) is -3.24. The van der Waals surface area contributed by atoms with Gasteiger partial charge in [0.2, 0.25) is 0 Å². The van der Waals surface area contributed by atoms with Crippen LogP contribution in [0.5, 0.6) is 0 Å². The highest BCUT2D eigenvalue weighted by atomic mass is 35.5. The van der Waals surface area contributed by atoms with Crippen LogP contribution in [0.2, 0.25) is 0 Å². The lowest BCUT2D eigenvalue weighted by Crippen LogP contribution is -2.18. The van der Waals surface area contributed by atoms with Crippen LogP contribution in [0.1, 0.15) is 20.8 Å². The monoisotopic (exact) mass is 258 g/mol. The van der Waals surface area contributed by atoms with Crippen LogP contribution in [0.4, 0.5) is 0 Å². The van der Waals surface area contributed by atoms with Crippen molar-refractivity contribution in [2.45, 2.75) is 26.4 Å². The molecule has 1 atom stereocenters. The van der Waals surface area contributed by atoms with Gasteiger partial charge in [0, 0.05) is 0 Å². The van der Waals surface area contributed by atoms with Crippen LogP contribution in [-0.4, -0.2) is 18.1 Å². The van der Waals surface area contributed by atoms with E-state index in [1.807, 2.05) is 0 Å². The first-order valence-corrected chi connectivity index (χ1v) is 6.74. The lowest BCUT2D eigenvalue weighted by Gasteiger charge is -2.20. The Bertz CT molecular complexity index is 312. The molecule has 0 bridgehead atoms. The molecule has 14 heavy (non-hydrogen) atoms. The number of allylic oxidation sites excluding steroid dienone is 1. The molecule has 1 aliphatic rings. The second kappa shape index (κ2) is 4.15. The zero-order chi connectivity index (χ0) is 11.0. The molecule has 3 nitrogen and oxygen atoms in total. The molecule has 1 unspecified atom stereocenters. The fourth-order valence-corrected chi connectivity index (χ4v) is 4.39. The van der Waals surface area contributed by atoms with Crippen LogP contribution in [0.25, 0.3) is 0 Å². The Morgan fingerprint density at radius 1 is 1.57 bits per heavy atom. The molecule has 0 fully saturated rings. The largest absolute Gasteiger partial charge is 0.360 e. The molecule has 1 rings (SSSR count). The van der Waals surface area contributed by atoms with Crippen LogP contribution in [0.15, 0.2) is 10.3 Å². The van der Waals surface area contributed by atoms with Gasteiger partial charge in [0.25, 0.3) is 0 Å². The van der Waals surface area contributed by atoms with Gasteiger partial charge in [-0.2, -0.15) is 0 Å². The predicted octanol–water partition coefficient (Wildman–Crippen LogP) is 3.71. The van der Waals surface area contributed by atoms with E-state index in [-0.39, 0.29) is 5.88 Å². The summed E-state index contributed by atoms with van der Waals surface area (Å²) < 4.78 is 22.6. The predicted molar refractivity (Wildman–Crippen MR) is 58.0 cm³/mol. The summed E-state index contributed by atoms with van der Waals surface area (Å²) in [5.41, 5.74) is -0.767. The molecule has 0 spiro atoms. The Hall–Kier alpha value is 0.470. The molecule has 6 heteroatoms. The maximum Gasteiger partial charge on any atom is 0.360 e. The van der Waals surface area contributed by atoms with E-state index in [4.69, 9.17) is 32.2 Å². The zero-order valence-electron chi connectivity index (χ0n) is 8.34. The van der Waals surface area contributed by atoms with E-state index < -0.39 is 13.2 Å². The average Bonchev–Trinajstić information content (AvgIpc) is 2.19. The highest BCUT2D eigenvalue weighted by Gasteiger charge is 2.48. The quantitative estimate of drug-likeness (QED) is 0.572. The summed E-state index contributed by atoms with van der Waals surface area (Å²) >= 11 is 11.7. The van der Waals surface area contributed by atoms with Gasteiger partial charge >= 0.3 is 7.60 Å². The molecule has 0 aliphatic carbocycles. The Kier molecular flexibility index (Phi) is 3.72. The standard InChI is InChI=1S/C8H13Cl2O3P/c1-4-12-14(11)6(5-9)7(10)8(2,3)13-14/h4-5H2,1-3H3. The van der Waals surface area contributed by atoms with Crippen molar-refractivity contribution in [2.75, 3.05) is 12.5 Å². The Labute approximate surface area is 93.9 Å². The molecule has 0 N–H and O–H groups in total. The zero-order valence-corrected chi connectivity index (χ0v) is 10.7. The average molecular weight is 259 g/mol. The highest BCUT2D eigenvalue weighted by Crippen LogP contribution is 2.67. The van der Waals surface area contributed by atoms with Gasteiger partial charge in [-0.1, -0.05) is 11.6 Å². The summed E-state index contributed by atoms with van der Waals surface area (Å²) in [4.78, 5) is 0. The molecular weight excluding hydrogens is 246 g/mol. The fourth-order valence-electron chi connectivity index (χ4n) is 1.27. The fraction of sp³-hybridized carbons (Fsp3) is 0.750. The maximum atomic E-state index is 12.1. The van der Waals surface area contributed by atoms with E-state index >= 15 is 0 Å². The maximum absolute atomic E-state index is 12.1. The van der Waals surface area contributed by atoms with E-state index in [1.54, 1.807) is 20.8 Å². The van der Waals surface area contributed by atoms with Crippen LogP contribution in [-0.2, 0) is 13.6 Å². The Morgan fingerprint density at radius 2 is 2.14 bits per heavy atom. The number of halogens is 2. The van der Waals surface area contributed by atoms with E-state index in [0.717, 1.165) is 0 Å². The molecule has 0 amide bonds. The van der Waals surface area contributed by atoms with Crippen molar-refractivity contribution in [3.8, 4) is 0 Å². The SMILES string of the molecule is CCOP1(=O)OC(C)(C)C(Cl)=C1CCl. The third-order valence-electron chi connectivity index (χ3n) is 1.89. The van der Waals surface area contributed by atoms with Crippen LogP contribution < -0.4 is 0 Å². The lowest BCUT2D eigenvalue weighted by molar-refractivity contribution is 0.133. The highest BCUT2D eigenvalue weighted by molar-refractivity contribution is 7.59. The van der Waals surface area contributed by atoms with Crippen molar-refractivity contribution in [1.82, 2.24) is 0 Å². The van der Waals surface area contributed by atoms with E-state index in [2.05, 4.69) is 0 Å². The summed E-state index contributed by atoms with van der Waals surface area (Å²) in [6.45, 7) is 5.52.